The van der Waals surface area contributed by atoms with E-state index in [1.54, 1.807) is 0 Å². The summed E-state index contributed by atoms with van der Waals surface area (Å²) < 4.78 is 0. The second-order valence-electron chi connectivity index (χ2n) is 6.78. The molecule has 2 aromatic carbocycles. The number of halogens is 1. The molecule has 1 aliphatic rings. The van der Waals surface area contributed by atoms with E-state index in [2.05, 4.69) is 28.4 Å². The zero-order chi connectivity index (χ0) is 17.6. The molecule has 3 rings (SSSR count). The Balaban J connectivity index is 1.48. The largest absolute Gasteiger partial charge is 0.349 e. The van der Waals surface area contributed by atoms with E-state index >= 15 is 0 Å². The molecule has 0 bridgehead atoms. The number of benzene rings is 2. The summed E-state index contributed by atoms with van der Waals surface area (Å²) in [7, 11) is 0. The lowest BCUT2D eigenvalue weighted by molar-refractivity contribution is -0.127. The fraction of sp³-hybridized carbons (Fsp3) is 0.381. The van der Waals surface area contributed by atoms with Crippen LogP contribution < -0.4 is 5.32 Å². The highest BCUT2D eigenvalue weighted by molar-refractivity contribution is 6.31. The molecule has 3 nitrogen and oxygen atoms in total. The minimum absolute atomic E-state index is 0.0508. The summed E-state index contributed by atoms with van der Waals surface area (Å²) in [5, 5.41) is 3.98. The molecule has 1 unspecified atom stereocenters. The van der Waals surface area contributed by atoms with Gasteiger partial charge < -0.3 is 5.32 Å². The lowest BCUT2D eigenvalue weighted by Gasteiger charge is -2.32. The van der Waals surface area contributed by atoms with Gasteiger partial charge in [0.1, 0.15) is 0 Å². The fourth-order valence-electron chi connectivity index (χ4n) is 3.38. The lowest BCUT2D eigenvalue weighted by Crippen LogP contribution is -2.40. The molecule has 0 saturated carbocycles. The van der Waals surface area contributed by atoms with Crippen LogP contribution in [0.4, 0.5) is 0 Å². The average Bonchev–Trinajstić information content (AvgIpc) is 2.65. The molecule has 25 heavy (non-hydrogen) atoms. The zero-order valence-electron chi connectivity index (χ0n) is 14.6. The summed E-state index contributed by atoms with van der Waals surface area (Å²) in [6.07, 6.45) is 1.80. The van der Waals surface area contributed by atoms with Gasteiger partial charge in [0, 0.05) is 17.5 Å². The number of nitrogens with zero attached hydrogens (tertiary/aromatic N) is 1. The van der Waals surface area contributed by atoms with Crippen molar-refractivity contribution >= 4 is 17.5 Å². The second-order valence-corrected chi connectivity index (χ2v) is 7.19. The third-order valence-corrected chi connectivity index (χ3v) is 5.34. The van der Waals surface area contributed by atoms with E-state index in [1.807, 2.05) is 43.3 Å². The first-order chi connectivity index (χ1) is 12.1. The molecular weight excluding hydrogens is 332 g/mol. The monoisotopic (exact) mass is 356 g/mol. The Bertz CT molecular complexity index is 696. The minimum atomic E-state index is 0.0508. The first-order valence-corrected chi connectivity index (χ1v) is 9.32. The Morgan fingerprint density at radius 2 is 1.76 bits per heavy atom. The van der Waals surface area contributed by atoms with Crippen molar-refractivity contribution in [3.8, 4) is 0 Å². The van der Waals surface area contributed by atoms with Crippen LogP contribution in [0.3, 0.4) is 0 Å². The predicted molar refractivity (Wildman–Crippen MR) is 102 cm³/mol. The van der Waals surface area contributed by atoms with Crippen LogP contribution in [0.1, 0.15) is 36.9 Å². The number of carbonyl (C=O) groups excluding carboxylic acids is 1. The van der Waals surface area contributed by atoms with Crippen LogP contribution in [-0.2, 0) is 11.3 Å². The van der Waals surface area contributed by atoms with E-state index in [0.717, 1.165) is 48.6 Å². The van der Waals surface area contributed by atoms with E-state index in [0.29, 0.717) is 0 Å². The standard InChI is InChI=1S/C21H25ClN2O/c1-16(17-7-3-2-4-8-17)23-21(25)18-11-13-24(14-12-18)15-19-9-5-6-10-20(19)22/h2-10,16,18H,11-15H2,1H3,(H,23,25). The van der Waals surface area contributed by atoms with Crippen LogP contribution in [0.25, 0.3) is 0 Å². The van der Waals surface area contributed by atoms with Crippen molar-refractivity contribution in [3.63, 3.8) is 0 Å². The highest BCUT2D eigenvalue weighted by Gasteiger charge is 2.26. The number of hydrogen-bond acceptors (Lipinski definition) is 2. The van der Waals surface area contributed by atoms with Gasteiger partial charge in [0.15, 0.2) is 0 Å². The van der Waals surface area contributed by atoms with Crippen LogP contribution in [-0.4, -0.2) is 23.9 Å². The van der Waals surface area contributed by atoms with Crippen LogP contribution in [0.15, 0.2) is 54.6 Å². The van der Waals surface area contributed by atoms with Crippen molar-refractivity contribution in [2.75, 3.05) is 13.1 Å². The Kier molecular flexibility index (Phi) is 6.11. The lowest BCUT2D eigenvalue weighted by atomic mass is 9.95. The molecule has 0 radical (unpaired) electrons. The van der Waals surface area contributed by atoms with Gasteiger partial charge >= 0.3 is 0 Å². The molecule has 1 aliphatic heterocycles. The average molecular weight is 357 g/mol. The molecule has 0 aromatic heterocycles. The van der Waals surface area contributed by atoms with E-state index in [-0.39, 0.29) is 17.9 Å². The number of likely N-dealkylation sites (tertiary alicyclic amines) is 1. The molecule has 1 saturated heterocycles. The summed E-state index contributed by atoms with van der Waals surface area (Å²) in [5.41, 5.74) is 2.30. The van der Waals surface area contributed by atoms with Crippen LogP contribution >= 0.6 is 11.6 Å². The van der Waals surface area contributed by atoms with Gasteiger partial charge in [-0.15, -0.1) is 0 Å². The molecule has 1 fully saturated rings. The van der Waals surface area contributed by atoms with Crippen molar-refractivity contribution in [3.05, 3.63) is 70.7 Å². The van der Waals surface area contributed by atoms with Crippen molar-refractivity contribution in [1.29, 1.82) is 0 Å². The minimum Gasteiger partial charge on any atom is -0.349 e. The van der Waals surface area contributed by atoms with Gasteiger partial charge in [0.05, 0.1) is 6.04 Å². The smallest absolute Gasteiger partial charge is 0.223 e. The Morgan fingerprint density at radius 1 is 1.12 bits per heavy atom. The second kappa shape index (κ2) is 8.50. The Labute approximate surface area is 155 Å². The van der Waals surface area contributed by atoms with Gasteiger partial charge in [0.25, 0.3) is 0 Å². The number of nitrogens with one attached hydrogen (secondary N) is 1. The van der Waals surface area contributed by atoms with Crippen molar-refractivity contribution in [2.24, 2.45) is 5.92 Å². The normalized spacial score (nSPS) is 17.2. The molecule has 0 aliphatic carbocycles. The van der Waals surface area contributed by atoms with Gasteiger partial charge in [-0.05, 0) is 50.0 Å². The molecule has 1 heterocycles. The molecule has 1 atom stereocenters. The Hall–Kier alpha value is -1.84. The molecule has 2 aromatic rings. The Morgan fingerprint density at radius 3 is 2.44 bits per heavy atom. The highest BCUT2D eigenvalue weighted by Crippen LogP contribution is 2.23. The van der Waals surface area contributed by atoms with Crippen molar-refractivity contribution in [2.45, 2.75) is 32.4 Å². The van der Waals surface area contributed by atoms with E-state index in [1.165, 1.54) is 0 Å². The summed E-state index contributed by atoms with van der Waals surface area (Å²) in [4.78, 5) is 14.9. The third-order valence-electron chi connectivity index (χ3n) is 4.97. The number of hydrogen-bond donors (Lipinski definition) is 1. The van der Waals surface area contributed by atoms with Crippen molar-refractivity contribution in [1.82, 2.24) is 10.2 Å². The quantitative estimate of drug-likeness (QED) is 0.859. The number of rotatable bonds is 5. The maximum absolute atomic E-state index is 12.6. The first kappa shape index (κ1) is 18.0. The van der Waals surface area contributed by atoms with Gasteiger partial charge in [-0.3, -0.25) is 9.69 Å². The van der Waals surface area contributed by atoms with Crippen molar-refractivity contribution < 1.29 is 4.79 Å². The number of carbonyl (C=O) groups is 1. The third kappa shape index (κ3) is 4.83. The fourth-order valence-corrected chi connectivity index (χ4v) is 3.57. The van der Waals surface area contributed by atoms with Crippen LogP contribution in [0.2, 0.25) is 5.02 Å². The summed E-state index contributed by atoms with van der Waals surface area (Å²) in [6, 6.07) is 18.1. The molecule has 1 amide bonds. The summed E-state index contributed by atoms with van der Waals surface area (Å²) in [5.74, 6) is 0.280. The van der Waals surface area contributed by atoms with Gasteiger partial charge in [0.2, 0.25) is 5.91 Å². The summed E-state index contributed by atoms with van der Waals surface area (Å²) >= 11 is 6.25. The summed E-state index contributed by atoms with van der Waals surface area (Å²) in [6.45, 7) is 4.76. The van der Waals surface area contributed by atoms with Crippen LogP contribution in [0, 0.1) is 5.92 Å². The van der Waals surface area contributed by atoms with Gasteiger partial charge in [-0.2, -0.15) is 0 Å². The number of amides is 1. The van der Waals surface area contributed by atoms with Crippen LogP contribution in [0.5, 0.6) is 0 Å². The zero-order valence-corrected chi connectivity index (χ0v) is 15.4. The molecule has 132 valence electrons. The molecular formula is C21H25ClN2O. The maximum atomic E-state index is 12.6. The SMILES string of the molecule is CC(NC(=O)C1CCN(Cc2ccccc2Cl)CC1)c1ccccc1. The van der Waals surface area contributed by atoms with E-state index < -0.39 is 0 Å². The number of piperidine rings is 1. The first-order valence-electron chi connectivity index (χ1n) is 8.94. The maximum Gasteiger partial charge on any atom is 0.223 e. The van der Waals surface area contributed by atoms with Gasteiger partial charge in [-0.25, -0.2) is 0 Å². The predicted octanol–water partition coefficient (Wildman–Crippen LogP) is 4.43. The topological polar surface area (TPSA) is 32.3 Å². The van der Waals surface area contributed by atoms with E-state index in [4.69, 9.17) is 11.6 Å². The van der Waals surface area contributed by atoms with E-state index in [9.17, 15) is 4.79 Å². The molecule has 1 N–H and O–H groups in total. The molecule has 0 spiro atoms. The molecule has 4 heteroatoms. The highest BCUT2D eigenvalue weighted by atomic mass is 35.5. The van der Waals surface area contributed by atoms with Gasteiger partial charge in [-0.1, -0.05) is 60.1 Å².